The lowest BCUT2D eigenvalue weighted by atomic mass is 10.3. The van der Waals surface area contributed by atoms with Crippen LogP contribution in [0.15, 0.2) is 6.20 Å². The van der Waals surface area contributed by atoms with E-state index in [1.165, 1.54) is 11.5 Å². The van der Waals surface area contributed by atoms with E-state index in [2.05, 4.69) is 4.98 Å². The van der Waals surface area contributed by atoms with Gasteiger partial charge in [0, 0.05) is 6.20 Å². The van der Waals surface area contributed by atoms with Crippen molar-refractivity contribution in [3.63, 3.8) is 0 Å². The van der Waals surface area contributed by atoms with Crippen LogP contribution in [0.4, 0.5) is 13.2 Å². The fourth-order valence-corrected chi connectivity index (χ4v) is 2.09. The first-order valence-corrected chi connectivity index (χ1v) is 6.09. The maximum atomic E-state index is 12.7. The van der Waals surface area contributed by atoms with E-state index in [0.717, 1.165) is 6.20 Å². The second-order valence-corrected chi connectivity index (χ2v) is 4.48. The van der Waals surface area contributed by atoms with Gasteiger partial charge in [-0.05, 0) is 13.8 Å². The Kier molecular flexibility index (Phi) is 3.68. The number of ether oxygens (including phenoxy) is 1. The molecule has 0 saturated heterocycles. The molecule has 2 rings (SSSR count). The lowest BCUT2D eigenvalue weighted by Gasteiger charge is -2.28. The zero-order valence-corrected chi connectivity index (χ0v) is 11.4. The van der Waals surface area contributed by atoms with Gasteiger partial charge in [0.15, 0.2) is 11.5 Å². The molecule has 9 heteroatoms. The van der Waals surface area contributed by atoms with Crippen molar-refractivity contribution in [1.29, 1.82) is 0 Å². The van der Waals surface area contributed by atoms with E-state index in [0.29, 0.717) is 0 Å². The molecule has 0 spiro atoms. The van der Waals surface area contributed by atoms with Crippen LogP contribution in [0.2, 0.25) is 0 Å². The number of esters is 1. The molecule has 1 aromatic rings. The summed E-state index contributed by atoms with van der Waals surface area (Å²) in [6.07, 6.45) is -3.81. The summed E-state index contributed by atoms with van der Waals surface area (Å²) in [5, 5.41) is -0.188. The zero-order chi connectivity index (χ0) is 15.1. The normalized spacial score (nSPS) is 14.9. The van der Waals surface area contributed by atoms with Crippen LogP contribution in [0.1, 0.15) is 28.9 Å². The summed E-state index contributed by atoms with van der Waals surface area (Å²) in [6, 6.07) is 0. The van der Waals surface area contributed by atoms with Crippen molar-refractivity contribution in [1.82, 2.24) is 14.5 Å². The molecule has 0 bridgehead atoms. The highest BCUT2D eigenvalue weighted by molar-refractivity contribution is 6.48. The minimum absolute atomic E-state index is 0.0302. The van der Waals surface area contributed by atoms with Crippen molar-refractivity contribution in [3.05, 3.63) is 23.4 Å². The molecule has 20 heavy (non-hydrogen) atoms. The van der Waals surface area contributed by atoms with Gasteiger partial charge in [-0.3, -0.25) is 4.90 Å². The predicted molar refractivity (Wildman–Crippen MR) is 64.6 cm³/mol. The highest BCUT2D eigenvalue weighted by atomic mass is 35.5. The van der Waals surface area contributed by atoms with Gasteiger partial charge in [-0.1, -0.05) is 11.6 Å². The van der Waals surface area contributed by atoms with Gasteiger partial charge in [0.05, 0.1) is 17.3 Å². The number of carbonyl (C=O) groups is 1. The van der Waals surface area contributed by atoms with Crippen LogP contribution in [-0.4, -0.2) is 33.3 Å². The molecule has 0 N–H and O–H groups in total. The molecule has 5 nitrogen and oxygen atoms in total. The predicted octanol–water partition coefficient (Wildman–Crippen LogP) is 2.70. The van der Waals surface area contributed by atoms with Crippen molar-refractivity contribution in [3.8, 4) is 0 Å². The zero-order valence-electron chi connectivity index (χ0n) is 10.7. The van der Waals surface area contributed by atoms with Crippen LogP contribution in [0.25, 0.3) is 5.03 Å². The highest BCUT2D eigenvalue weighted by Gasteiger charge is 2.39. The largest absolute Gasteiger partial charge is 0.485 e. The molecular formula is C11H11ClF3N3O2. The number of carbonyl (C=O) groups excluding carboxylic acids is 1. The Morgan fingerprint density at radius 1 is 1.55 bits per heavy atom. The van der Waals surface area contributed by atoms with Crippen LogP contribution in [0.5, 0.6) is 0 Å². The Labute approximate surface area is 117 Å². The van der Waals surface area contributed by atoms with Gasteiger partial charge >= 0.3 is 12.3 Å². The van der Waals surface area contributed by atoms with E-state index >= 15 is 0 Å². The third-order valence-corrected chi connectivity index (χ3v) is 3.06. The number of alkyl halides is 3. The molecule has 1 aromatic heterocycles. The van der Waals surface area contributed by atoms with Crippen molar-refractivity contribution < 1.29 is 22.7 Å². The second-order valence-electron chi connectivity index (χ2n) is 4.07. The Hall–Kier alpha value is -1.70. The molecule has 1 aliphatic heterocycles. The molecule has 0 fully saturated rings. The molecule has 1 aliphatic rings. The molecule has 0 radical (unpaired) electrons. The van der Waals surface area contributed by atoms with E-state index in [9.17, 15) is 18.0 Å². The van der Waals surface area contributed by atoms with Crippen LogP contribution in [0.3, 0.4) is 0 Å². The topological polar surface area (TPSA) is 47.4 Å². The molecule has 0 aliphatic carbocycles. The number of imidazole rings is 1. The van der Waals surface area contributed by atoms with E-state index in [-0.39, 0.29) is 33.8 Å². The van der Waals surface area contributed by atoms with Gasteiger partial charge in [-0.2, -0.15) is 13.2 Å². The van der Waals surface area contributed by atoms with Crippen molar-refractivity contribution in [2.45, 2.75) is 26.8 Å². The molecule has 0 amide bonds. The molecule has 0 unspecified atom stereocenters. The van der Waals surface area contributed by atoms with Crippen LogP contribution < -0.4 is 0 Å². The molecule has 110 valence electrons. The third-order valence-electron chi connectivity index (χ3n) is 2.79. The molecule has 0 saturated carbocycles. The Balaban J connectivity index is 2.43. The lowest BCUT2D eigenvalue weighted by Crippen LogP contribution is -2.37. The van der Waals surface area contributed by atoms with E-state index in [4.69, 9.17) is 16.3 Å². The maximum Gasteiger partial charge on any atom is 0.485 e. The van der Waals surface area contributed by atoms with Crippen molar-refractivity contribution in [2.75, 3.05) is 6.61 Å². The number of rotatable bonds is 2. The third kappa shape index (κ3) is 2.47. The number of hydrogen-bond donors (Lipinski definition) is 0. The first kappa shape index (κ1) is 14.7. The Bertz CT molecular complexity index is 580. The summed E-state index contributed by atoms with van der Waals surface area (Å²) < 4.78 is 44.2. The van der Waals surface area contributed by atoms with Crippen molar-refractivity contribution >= 4 is 22.6 Å². The molecule has 0 aromatic carbocycles. The summed E-state index contributed by atoms with van der Waals surface area (Å²) in [5.74, 6) is -0.567. The van der Waals surface area contributed by atoms with Gasteiger partial charge in [-0.25, -0.2) is 9.78 Å². The van der Waals surface area contributed by atoms with Gasteiger partial charge in [-0.15, -0.1) is 0 Å². The summed E-state index contributed by atoms with van der Waals surface area (Å²) in [4.78, 5) is 15.7. The monoisotopic (exact) mass is 309 g/mol. The highest BCUT2D eigenvalue weighted by Crippen LogP contribution is 2.32. The molecular weight excluding hydrogens is 299 g/mol. The number of fused-ring (bicyclic) bond motifs is 1. The summed E-state index contributed by atoms with van der Waals surface area (Å²) in [7, 11) is 0. The van der Waals surface area contributed by atoms with Gasteiger partial charge in [0.25, 0.3) is 0 Å². The maximum absolute atomic E-state index is 12.7. The SMILES string of the molecule is CCOC(=O)c1nc2n(c1C)CN(C(F)(F)F)C=C2Cl. The van der Waals surface area contributed by atoms with Gasteiger partial charge in [0.1, 0.15) is 6.67 Å². The van der Waals surface area contributed by atoms with E-state index in [1.54, 1.807) is 6.92 Å². The molecule has 0 atom stereocenters. The van der Waals surface area contributed by atoms with Crippen molar-refractivity contribution in [2.24, 2.45) is 0 Å². The fourth-order valence-electron chi connectivity index (χ4n) is 1.82. The summed E-state index contributed by atoms with van der Waals surface area (Å²) in [6.45, 7) is 2.76. The summed E-state index contributed by atoms with van der Waals surface area (Å²) in [5.41, 5.74) is 0.247. The average molecular weight is 310 g/mol. The smallest absolute Gasteiger partial charge is 0.461 e. The van der Waals surface area contributed by atoms with E-state index < -0.39 is 18.9 Å². The minimum Gasteiger partial charge on any atom is -0.461 e. The van der Waals surface area contributed by atoms with Crippen LogP contribution in [0, 0.1) is 6.92 Å². The molecule has 2 heterocycles. The first-order valence-electron chi connectivity index (χ1n) is 5.71. The Morgan fingerprint density at radius 2 is 2.20 bits per heavy atom. The average Bonchev–Trinajstić information content (AvgIpc) is 2.67. The quantitative estimate of drug-likeness (QED) is 0.622. The lowest BCUT2D eigenvalue weighted by molar-refractivity contribution is -0.237. The first-order chi connectivity index (χ1) is 9.25. The second kappa shape index (κ2) is 5.01. The standard InChI is InChI=1S/C11H11ClF3N3O2/c1-3-20-10(19)8-6(2)18-5-17(11(13,14)15)4-7(12)9(18)16-8/h4H,3,5H2,1-2H3. The minimum atomic E-state index is -4.56. The van der Waals surface area contributed by atoms with Crippen LogP contribution in [-0.2, 0) is 11.4 Å². The fraction of sp³-hybridized carbons (Fsp3) is 0.455. The van der Waals surface area contributed by atoms with Gasteiger partial charge in [0.2, 0.25) is 0 Å². The Morgan fingerprint density at radius 3 is 2.75 bits per heavy atom. The van der Waals surface area contributed by atoms with E-state index in [1.807, 2.05) is 0 Å². The van der Waals surface area contributed by atoms with Crippen LogP contribution >= 0.6 is 11.6 Å². The number of hydrogen-bond acceptors (Lipinski definition) is 4. The number of halogens is 4. The van der Waals surface area contributed by atoms with Gasteiger partial charge < -0.3 is 9.30 Å². The summed E-state index contributed by atoms with van der Waals surface area (Å²) >= 11 is 5.80. The number of nitrogens with zero attached hydrogens (tertiary/aromatic N) is 3. The number of aromatic nitrogens is 2.